The summed E-state index contributed by atoms with van der Waals surface area (Å²) in [5.74, 6) is -1.29. The smallest absolute Gasteiger partial charge is 0.310 e. The summed E-state index contributed by atoms with van der Waals surface area (Å²) in [4.78, 5) is 23.1. The predicted octanol–water partition coefficient (Wildman–Crippen LogP) is 2.02. The van der Waals surface area contributed by atoms with Crippen molar-refractivity contribution >= 4 is 11.9 Å². The first-order valence-corrected chi connectivity index (χ1v) is 6.93. The molecule has 0 spiro atoms. The minimum Gasteiger partial charge on any atom is -0.481 e. The number of amides is 1. The molecule has 0 aliphatic carbocycles. The van der Waals surface area contributed by atoms with Gasteiger partial charge in [0.15, 0.2) is 0 Å². The minimum atomic E-state index is -1.01. The van der Waals surface area contributed by atoms with Crippen molar-refractivity contribution in [1.29, 1.82) is 0 Å². The molecule has 116 valence electrons. The highest BCUT2D eigenvalue weighted by Crippen LogP contribution is 2.15. The van der Waals surface area contributed by atoms with Gasteiger partial charge in [0.2, 0.25) is 0 Å². The highest BCUT2D eigenvalue weighted by molar-refractivity contribution is 5.94. The predicted molar refractivity (Wildman–Crippen MR) is 82.1 cm³/mol. The maximum absolute atomic E-state index is 12.1. The third kappa shape index (κ3) is 3.33. The molecule has 0 aliphatic rings. The summed E-state index contributed by atoms with van der Waals surface area (Å²) in [5.41, 5.74) is 1.32. The number of benzene rings is 1. The number of para-hydroxylation sites is 1. The van der Waals surface area contributed by atoms with Crippen LogP contribution in [0.15, 0.2) is 36.7 Å². The topological polar surface area (TPSA) is 84.2 Å². The lowest BCUT2D eigenvalue weighted by atomic mass is 9.94. The number of aryl methyl sites for hydroxylation is 1. The van der Waals surface area contributed by atoms with E-state index in [1.807, 2.05) is 31.2 Å². The van der Waals surface area contributed by atoms with Crippen LogP contribution in [-0.4, -0.2) is 33.3 Å². The van der Waals surface area contributed by atoms with Gasteiger partial charge in [-0.15, -0.1) is 0 Å². The molecule has 0 unspecified atom stereocenters. The van der Waals surface area contributed by atoms with Crippen LogP contribution in [-0.2, 0) is 4.79 Å². The highest BCUT2D eigenvalue weighted by atomic mass is 16.4. The van der Waals surface area contributed by atoms with Crippen LogP contribution in [0.1, 0.15) is 29.8 Å². The third-order valence-electron chi connectivity index (χ3n) is 3.48. The number of nitrogens with zero attached hydrogens (tertiary/aromatic N) is 2. The molecule has 0 atom stereocenters. The van der Waals surface area contributed by atoms with Crippen molar-refractivity contribution < 1.29 is 14.7 Å². The molecule has 6 nitrogen and oxygen atoms in total. The van der Waals surface area contributed by atoms with Crippen LogP contribution >= 0.6 is 0 Å². The summed E-state index contributed by atoms with van der Waals surface area (Å²) >= 11 is 0. The number of carbonyl (C=O) groups excluding carboxylic acids is 1. The number of carboxylic acids is 1. The van der Waals surface area contributed by atoms with Gasteiger partial charge in [-0.1, -0.05) is 18.2 Å². The molecule has 22 heavy (non-hydrogen) atoms. The van der Waals surface area contributed by atoms with Crippen LogP contribution in [0.25, 0.3) is 5.69 Å². The molecule has 0 saturated heterocycles. The Morgan fingerprint density at radius 3 is 2.64 bits per heavy atom. The number of hydrogen-bond donors (Lipinski definition) is 2. The molecule has 2 rings (SSSR count). The van der Waals surface area contributed by atoms with Gasteiger partial charge in [-0.2, -0.15) is 5.10 Å². The van der Waals surface area contributed by atoms with Crippen LogP contribution in [0.5, 0.6) is 0 Å². The van der Waals surface area contributed by atoms with Crippen LogP contribution in [0.4, 0.5) is 0 Å². The first-order valence-electron chi connectivity index (χ1n) is 6.93. The Hall–Kier alpha value is -2.63. The van der Waals surface area contributed by atoms with E-state index in [0.29, 0.717) is 5.56 Å². The molecule has 1 aromatic carbocycles. The van der Waals surface area contributed by atoms with E-state index in [0.717, 1.165) is 11.3 Å². The van der Waals surface area contributed by atoms with Crippen LogP contribution in [0.3, 0.4) is 0 Å². The Kier molecular flexibility index (Phi) is 4.30. The molecular formula is C16H19N3O3. The van der Waals surface area contributed by atoms with E-state index in [4.69, 9.17) is 5.11 Å². The molecule has 0 aliphatic heterocycles. The van der Waals surface area contributed by atoms with Gasteiger partial charge < -0.3 is 10.4 Å². The van der Waals surface area contributed by atoms with Gasteiger partial charge in [-0.25, -0.2) is 4.68 Å². The van der Waals surface area contributed by atoms with Crippen molar-refractivity contribution in [3.05, 3.63) is 47.8 Å². The molecule has 2 N–H and O–H groups in total. The SMILES string of the molecule is Cc1ccccc1-n1cc(C(=O)NCC(C)(C)C(=O)O)cn1. The lowest BCUT2D eigenvalue weighted by molar-refractivity contribution is -0.146. The van der Waals surface area contributed by atoms with Crippen LogP contribution in [0.2, 0.25) is 0 Å². The van der Waals surface area contributed by atoms with Gasteiger partial charge in [0.1, 0.15) is 0 Å². The van der Waals surface area contributed by atoms with Crippen molar-refractivity contribution in [3.63, 3.8) is 0 Å². The van der Waals surface area contributed by atoms with E-state index in [-0.39, 0.29) is 12.5 Å². The second-order valence-electron chi connectivity index (χ2n) is 5.83. The zero-order chi connectivity index (χ0) is 16.3. The summed E-state index contributed by atoms with van der Waals surface area (Å²) in [6.07, 6.45) is 3.10. The van der Waals surface area contributed by atoms with Gasteiger partial charge in [-0.05, 0) is 32.4 Å². The first kappa shape index (κ1) is 15.8. The number of nitrogens with one attached hydrogen (secondary N) is 1. The number of carboxylic acid groups (broad SMARTS) is 1. The molecule has 0 radical (unpaired) electrons. The zero-order valence-electron chi connectivity index (χ0n) is 12.8. The van der Waals surface area contributed by atoms with Gasteiger partial charge in [-0.3, -0.25) is 9.59 Å². The molecular weight excluding hydrogens is 282 g/mol. The van der Waals surface area contributed by atoms with E-state index >= 15 is 0 Å². The van der Waals surface area contributed by atoms with Crippen molar-refractivity contribution in [1.82, 2.24) is 15.1 Å². The normalized spacial score (nSPS) is 11.2. The fraction of sp³-hybridized carbons (Fsp3) is 0.312. The Bertz CT molecular complexity index is 704. The number of aliphatic carboxylic acids is 1. The molecule has 0 bridgehead atoms. The summed E-state index contributed by atoms with van der Waals surface area (Å²) in [6.45, 7) is 5.14. The van der Waals surface area contributed by atoms with Crippen molar-refractivity contribution in [2.24, 2.45) is 5.41 Å². The van der Waals surface area contributed by atoms with Crippen LogP contribution in [0, 0.1) is 12.3 Å². The van der Waals surface area contributed by atoms with Crippen molar-refractivity contribution in [2.75, 3.05) is 6.54 Å². The number of carbonyl (C=O) groups is 2. The van der Waals surface area contributed by atoms with Crippen molar-refractivity contribution in [2.45, 2.75) is 20.8 Å². The molecule has 6 heteroatoms. The average Bonchev–Trinajstić information content (AvgIpc) is 2.95. The molecule has 1 amide bonds. The molecule has 1 heterocycles. The molecule has 0 saturated carbocycles. The van der Waals surface area contributed by atoms with Crippen molar-refractivity contribution in [3.8, 4) is 5.69 Å². The standard InChI is InChI=1S/C16H19N3O3/c1-11-6-4-5-7-13(11)19-9-12(8-18-19)14(20)17-10-16(2,3)15(21)22/h4-9H,10H2,1-3H3,(H,17,20)(H,21,22). The summed E-state index contributed by atoms with van der Waals surface area (Å²) in [7, 11) is 0. The minimum absolute atomic E-state index is 0.0523. The lowest BCUT2D eigenvalue weighted by Gasteiger charge is -2.19. The maximum atomic E-state index is 12.1. The zero-order valence-corrected chi connectivity index (χ0v) is 12.8. The van der Waals surface area contributed by atoms with E-state index in [9.17, 15) is 9.59 Å². The quantitative estimate of drug-likeness (QED) is 0.885. The van der Waals surface area contributed by atoms with E-state index in [1.54, 1.807) is 24.7 Å². The van der Waals surface area contributed by atoms with E-state index in [1.165, 1.54) is 6.20 Å². The highest BCUT2D eigenvalue weighted by Gasteiger charge is 2.27. The van der Waals surface area contributed by atoms with Gasteiger partial charge in [0.25, 0.3) is 5.91 Å². The summed E-state index contributed by atoms with van der Waals surface area (Å²) in [6, 6.07) is 7.72. The number of aromatic nitrogens is 2. The van der Waals surface area contributed by atoms with E-state index < -0.39 is 11.4 Å². The third-order valence-corrected chi connectivity index (χ3v) is 3.48. The maximum Gasteiger partial charge on any atom is 0.310 e. The molecule has 0 fully saturated rings. The second kappa shape index (κ2) is 6.01. The molecule has 2 aromatic rings. The van der Waals surface area contributed by atoms with Crippen LogP contribution < -0.4 is 5.32 Å². The lowest BCUT2D eigenvalue weighted by Crippen LogP contribution is -2.38. The monoisotopic (exact) mass is 301 g/mol. The molecule has 1 aromatic heterocycles. The summed E-state index contributed by atoms with van der Waals surface area (Å²) in [5, 5.41) is 15.9. The fourth-order valence-electron chi connectivity index (χ4n) is 1.87. The van der Waals surface area contributed by atoms with E-state index in [2.05, 4.69) is 10.4 Å². The largest absolute Gasteiger partial charge is 0.481 e. The Balaban J connectivity index is 2.10. The summed E-state index contributed by atoms with van der Waals surface area (Å²) < 4.78 is 1.63. The second-order valence-corrected chi connectivity index (χ2v) is 5.83. The van der Waals surface area contributed by atoms with Gasteiger partial charge >= 0.3 is 5.97 Å². The fourth-order valence-corrected chi connectivity index (χ4v) is 1.87. The van der Waals surface area contributed by atoms with Gasteiger partial charge in [0.05, 0.1) is 22.9 Å². The van der Waals surface area contributed by atoms with Gasteiger partial charge in [0, 0.05) is 12.7 Å². The number of rotatable bonds is 5. The Labute approximate surface area is 128 Å². The Morgan fingerprint density at radius 2 is 2.00 bits per heavy atom. The average molecular weight is 301 g/mol. The first-order chi connectivity index (χ1) is 10.3. The Morgan fingerprint density at radius 1 is 1.32 bits per heavy atom. The number of hydrogen-bond acceptors (Lipinski definition) is 3.